The van der Waals surface area contributed by atoms with Gasteiger partial charge in [-0.1, -0.05) is 49.1 Å². The average molecular weight is 355 g/mol. The highest BCUT2D eigenvalue weighted by molar-refractivity contribution is 5.75. The lowest BCUT2D eigenvalue weighted by molar-refractivity contribution is -0.137. The zero-order chi connectivity index (χ0) is 18.6. The van der Waals surface area contributed by atoms with Crippen LogP contribution in [0, 0.1) is 0 Å². The first-order valence-electron chi connectivity index (χ1n) is 7.94. The number of halogens is 3. The zero-order valence-corrected chi connectivity index (χ0v) is 13.8. The van der Waals surface area contributed by atoms with Crippen LogP contribution in [0.25, 0.3) is 17.2 Å². The van der Waals surface area contributed by atoms with Crippen molar-refractivity contribution in [3.05, 3.63) is 90.1 Å². The first kappa shape index (κ1) is 17.7. The Hall–Kier alpha value is -3.08. The zero-order valence-electron chi connectivity index (χ0n) is 13.8. The van der Waals surface area contributed by atoms with Gasteiger partial charge in [0, 0.05) is 17.8 Å². The number of rotatable bonds is 5. The van der Waals surface area contributed by atoms with Crippen LogP contribution in [-0.4, -0.2) is 4.98 Å². The minimum atomic E-state index is -4.40. The standard InChI is InChI=1S/C21H16F3NO/c1-2-16-8-10-18(21(22,23)24)12-19(16)17-9-11-20(25-13-17)26-14-15-6-4-3-5-7-15/h2-13H,1,14H2. The predicted molar refractivity (Wildman–Crippen MR) is 95.5 cm³/mol. The molecule has 3 aromatic rings. The van der Waals surface area contributed by atoms with E-state index in [1.165, 1.54) is 18.3 Å². The Morgan fingerprint density at radius 2 is 1.77 bits per heavy atom. The minimum absolute atomic E-state index is 0.370. The number of hydrogen-bond donors (Lipinski definition) is 0. The summed E-state index contributed by atoms with van der Waals surface area (Å²) in [5.41, 5.74) is 1.90. The number of alkyl halides is 3. The fourth-order valence-corrected chi connectivity index (χ4v) is 2.52. The summed E-state index contributed by atoms with van der Waals surface area (Å²) in [6.07, 6.45) is -1.38. The molecule has 1 heterocycles. The molecular weight excluding hydrogens is 339 g/mol. The van der Waals surface area contributed by atoms with Crippen LogP contribution >= 0.6 is 0 Å². The van der Waals surface area contributed by atoms with Crippen LogP contribution in [0.4, 0.5) is 13.2 Å². The van der Waals surface area contributed by atoms with E-state index in [4.69, 9.17) is 4.74 Å². The average Bonchev–Trinajstić information content (AvgIpc) is 2.66. The summed E-state index contributed by atoms with van der Waals surface area (Å²) in [7, 11) is 0. The van der Waals surface area contributed by atoms with Gasteiger partial charge in [-0.2, -0.15) is 13.2 Å². The second-order valence-electron chi connectivity index (χ2n) is 5.66. The van der Waals surface area contributed by atoms with Gasteiger partial charge >= 0.3 is 6.18 Å². The summed E-state index contributed by atoms with van der Waals surface area (Å²) in [6, 6.07) is 16.5. The quantitative estimate of drug-likeness (QED) is 0.561. The van der Waals surface area contributed by atoms with E-state index in [1.54, 1.807) is 12.1 Å². The van der Waals surface area contributed by atoms with Crippen LogP contribution in [-0.2, 0) is 12.8 Å². The molecule has 0 unspecified atom stereocenters. The lowest BCUT2D eigenvalue weighted by Crippen LogP contribution is -2.05. The Labute approximate surface area is 149 Å². The molecule has 0 saturated carbocycles. The Bertz CT molecular complexity index is 887. The third-order valence-corrected chi connectivity index (χ3v) is 3.88. The monoisotopic (exact) mass is 355 g/mol. The molecule has 0 amide bonds. The molecule has 0 spiro atoms. The summed E-state index contributed by atoms with van der Waals surface area (Å²) in [4.78, 5) is 4.20. The second kappa shape index (κ2) is 7.44. The van der Waals surface area contributed by atoms with Crippen molar-refractivity contribution in [3.63, 3.8) is 0 Å². The van der Waals surface area contributed by atoms with E-state index in [0.29, 0.717) is 29.2 Å². The topological polar surface area (TPSA) is 22.1 Å². The van der Waals surface area contributed by atoms with E-state index in [1.807, 2.05) is 30.3 Å². The molecule has 0 radical (unpaired) electrons. The van der Waals surface area contributed by atoms with Crippen molar-refractivity contribution in [2.75, 3.05) is 0 Å². The number of ether oxygens (including phenoxy) is 1. The first-order valence-corrected chi connectivity index (χ1v) is 7.94. The van der Waals surface area contributed by atoms with Crippen LogP contribution in [0.3, 0.4) is 0 Å². The smallest absolute Gasteiger partial charge is 0.416 e. The van der Waals surface area contributed by atoms with Crippen molar-refractivity contribution in [2.45, 2.75) is 12.8 Å². The van der Waals surface area contributed by atoms with E-state index >= 15 is 0 Å². The molecule has 0 N–H and O–H groups in total. The van der Waals surface area contributed by atoms with Gasteiger partial charge in [-0.25, -0.2) is 4.98 Å². The number of hydrogen-bond acceptors (Lipinski definition) is 2. The molecule has 0 aliphatic rings. The Balaban J connectivity index is 1.83. The molecule has 0 atom stereocenters. The van der Waals surface area contributed by atoms with Crippen LogP contribution in [0.1, 0.15) is 16.7 Å². The minimum Gasteiger partial charge on any atom is -0.473 e. The van der Waals surface area contributed by atoms with Gasteiger partial charge in [0.05, 0.1) is 5.56 Å². The molecule has 0 aliphatic carbocycles. The third kappa shape index (κ3) is 4.11. The van der Waals surface area contributed by atoms with E-state index in [9.17, 15) is 13.2 Å². The molecule has 0 saturated heterocycles. The summed E-state index contributed by atoms with van der Waals surface area (Å²) >= 11 is 0. The van der Waals surface area contributed by atoms with Gasteiger partial charge < -0.3 is 4.74 Å². The summed E-state index contributed by atoms with van der Waals surface area (Å²) in [5, 5.41) is 0. The van der Waals surface area contributed by atoms with Gasteiger partial charge in [-0.15, -0.1) is 0 Å². The lowest BCUT2D eigenvalue weighted by atomic mass is 9.98. The number of aromatic nitrogens is 1. The Morgan fingerprint density at radius 3 is 2.38 bits per heavy atom. The van der Waals surface area contributed by atoms with Crippen LogP contribution in [0.2, 0.25) is 0 Å². The van der Waals surface area contributed by atoms with Gasteiger partial charge in [-0.3, -0.25) is 0 Å². The molecule has 3 rings (SSSR count). The van der Waals surface area contributed by atoms with E-state index in [2.05, 4.69) is 11.6 Å². The van der Waals surface area contributed by atoms with Crippen molar-refractivity contribution >= 4 is 6.08 Å². The van der Waals surface area contributed by atoms with Gasteiger partial charge in [0.25, 0.3) is 0 Å². The van der Waals surface area contributed by atoms with Crippen molar-refractivity contribution in [2.24, 2.45) is 0 Å². The molecule has 26 heavy (non-hydrogen) atoms. The molecule has 2 nitrogen and oxygen atoms in total. The summed E-state index contributed by atoms with van der Waals surface area (Å²) < 4.78 is 44.6. The molecule has 0 aliphatic heterocycles. The van der Waals surface area contributed by atoms with Gasteiger partial charge in [0.2, 0.25) is 5.88 Å². The molecule has 132 valence electrons. The highest BCUT2D eigenvalue weighted by atomic mass is 19.4. The molecule has 0 bridgehead atoms. The maximum absolute atomic E-state index is 13.0. The maximum Gasteiger partial charge on any atom is 0.416 e. The molecule has 5 heteroatoms. The molecule has 0 fully saturated rings. The normalized spacial score (nSPS) is 11.2. The van der Waals surface area contributed by atoms with E-state index < -0.39 is 11.7 Å². The van der Waals surface area contributed by atoms with Crippen molar-refractivity contribution in [1.82, 2.24) is 4.98 Å². The van der Waals surface area contributed by atoms with Crippen LogP contribution in [0.5, 0.6) is 5.88 Å². The van der Waals surface area contributed by atoms with Crippen molar-refractivity contribution in [3.8, 4) is 17.0 Å². The van der Waals surface area contributed by atoms with E-state index in [0.717, 1.165) is 17.7 Å². The van der Waals surface area contributed by atoms with Crippen LogP contribution < -0.4 is 4.74 Å². The van der Waals surface area contributed by atoms with Crippen molar-refractivity contribution < 1.29 is 17.9 Å². The SMILES string of the molecule is C=Cc1ccc(C(F)(F)F)cc1-c1ccc(OCc2ccccc2)nc1. The maximum atomic E-state index is 13.0. The molecule has 2 aromatic carbocycles. The number of benzene rings is 2. The fourth-order valence-electron chi connectivity index (χ4n) is 2.52. The Kier molecular flexibility index (Phi) is 5.07. The van der Waals surface area contributed by atoms with Crippen molar-refractivity contribution in [1.29, 1.82) is 0 Å². The predicted octanol–water partition coefficient (Wildman–Crippen LogP) is 5.99. The number of nitrogens with zero attached hydrogens (tertiary/aromatic N) is 1. The molecule has 1 aromatic heterocycles. The fraction of sp³-hybridized carbons (Fsp3) is 0.0952. The van der Waals surface area contributed by atoms with Crippen LogP contribution in [0.15, 0.2) is 73.4 Å². The lowest BCUT2D eigenvalue weighted by Gasteiger charge is -2.12. The van der Waals surface area contributed by atoms with Gasteiger partial charge in [-0.05, 0) is 34.9 Å². The molecular formula is C21H16F3NO. The first-order chi connectivity index (χ1) is 12.5. The van der Waals surface area contributed by atoms with Gasteiger partial charge in [0.15, 0.2) is 0 Å². The third-order valence-electron chi connectivity index (χ3n) is 3.88. The highest BCUT2D eigenvalue weighted by Crippen LogP contribution is 2.34. The van der Waals surface area contributed by atoms with Gasteiger partial charge in [0.1, 0.15) is 6.61 Å². The highest BCUT2D eigenvalue weighted by Gasteiger charge is 2.31. The summed E-state index contributed by atoms with van der Waals surface area (Å²) in [6.45, 7) is 4.03. The Morgan fingerprint density at radius 1 is 1.00 bits per heavy atom. The number of pyridine rings is 1. The largest absolute Gasteiger partial charge is 0.473 e. The second-order valence-corrected chi connectivity index (χ2v) is 5.66. The summed E-state index contributed by atoms with van der Waals surface area (Å²) in [5.74, 6) is 0.407. The van der Waals surface area contributed by atoms with E-state index in [-0.39, 0.29) is 0 Å².